The molecule has 2 aliphatic rings. The van der Waals surface area contributed by atoms with Gasteiger partial charge in [-0.1, -0.05) is 18.2 Å². The van der Waals surface area contributed by atoms with E-state index in [4.69, 9.17) is 15.6 Å². The average molecular weight is 477 g/mol. The Morgan fingerprint density at radius 1 is 1.26 bits per heavy atom. The number of nitrogens with zero attached hydrogens (tertiary/aromatic N) is 5. The molecule has 0 spiro atoms. The van der Waals surface area contributed by atoms with Crippen molar-refractivity contribution in [2.24, 2.45) is 11.7 Å². The molecule has 3 aromatic heterocycles. The van der Waals surface area contributed by atoms with E-state index in [-0.39, 0.29) is 30.6 Å². The smallest absolute Gasteiger partial charge is 0.274 e. The number of carbonyl (C=O) groups is 1. The Bertz CT molecular complexity index is 1430. The van der Waals surface area contributed by atoms with E-state index in [1.807, 2.05) is 13.0 Å². The molecule has 4 aromatic rings. The Labute approximate surface area is 202 Å². The molecular formula is C26H29FN6O2. The molecular weight excluding hydrogens is 447 g/mol. The largest absolute Gasteiger partial charge is 0.479 e. The number of piperidine rings is 1. The average Bonchev–Trinajstić information content (AvgIpc) is 3.51. The van der Waals surface area contributed by atoms with Crippen LogP contribution in [0.15, 0.2) is 36.5 Å². The molecule has 0 bridgehead atoms. The number of benzene rings is 1. The summed E-state index contributed by atoms with van der Waals surface area (Å²) in [4.78, 5) is 19.1. The van der Waals surface area contributed by atoms with E-state index in [0.29, 0.717) is 23.9 Å². The molecule has 1 aromatic carbocycles. The van der Waals surface area contributed by atoms with Gasteiger partial charge in [0.1, 0.15) is 17.4 Å². The number of ether oxygens (including phenoxy) is 1. The molecule has 1 saturated heterocycles. The number of likely N-dealkylation sites (tertiary alicyclic amines) is 1. The Balaban J connectivity index is 1.46. The van der Waals surface area contributed by atoms with Gasteiger partial charge in [-0.15, -0.1) is 0 Å². The van der Waals surface area contributed by atoms with Gasteiger partial charge in [0.05, 0.1) is 25.5 Å². The highest BCUT2D eigenvalue weighted by Gasteiger charge is 2.31. The van der Waals surface area contributed by atoms with Gasteiger partial charge in [-0.25, -0.2) is 13.9 Å². The Hall–Kier alpha value is -3.46. The van der Waals surface area contributed by atoms with Gasteiger partial charge < -0.3 is 19.9 Å². The summed E-state index contributed by atoms with van der Waals surface area (Å²) in [6.07, 6.45) is 3.23. The number of nitrogens with two attached hydrogens (primary N) is 1. The molecule has 1 aliphatic heterocycles. The van der Waals surface area contributed by atoms with Crippen molar-refractivity contribution >= 4 is 22.3 Å². The molecule has 1 amide bonds. The van der Waals surface area contributed by atoms with Crippen LogP contribution in [0.3, 0.4) is 0 Å². The summed E-state index contributed by atoms with van der Waals surface area (Å²) in [5.74, 6) is 0.633. The molecule has 8 nitrogen and oxygen atoms in total. The van der Waals surface area contributed by atoms with Crippen molar-refractivity contribution in [3.63, 3.8) is 0 Å². The molecule has 6 rings (SSSR count). The zero-order valence-corrected chi connectivity index (χ0v) is 19.9. The highest BCUT2D eigenvalue weighted by Crippen LogP contribution is 2.38. The second-order valence-electron chi connectivity index (χ2n) is 9.85. The minimum absolute atomic E-state index is 0.0131. The topological polar surface area (TPSA) is 90.7 Å². The van der Waals surface area contributed by atoms with Gasteiger partial charge in [-0.2, -0.15) is 5.10 Å². The number of rotatable bonds is 5. The van der Waals surface area contributed by atoms with Crippen LogP contribution >= 0.6 is 0 Å². The maximum Gasteiger partial charge on any atom is 0.274 e. The Morgan fingerprint density at radius 3 is 2.80 bits per heavy atom. The normalized spacial score (nSPS) is 20.6. The van der Waals surface area contributed by atoms with Crippen LogP contribution in [0.2, 0.25) is 0 Å². The fraction of sp³-hybridized carbons (Fsp3) is 0.423. The predicted octanol–water partition coefficient (Wildman–Crippen LogP) is 3.59. The van der Waals surface area contributed by atoms with Crippen LogP contribution in [0, 0.1) is 12.8 Å². The quantitative estimate of drug-likeness (QED) is 0.475. The highest BCUT2D eigenvalue weighted by atomic mass is 19.1. The number of hydrogen-bond donors (Lipinski definition) is 1. The molecule has 0 radical (unpaired) electrons. The number of fused-ring (bicyclic) bond motifs is 2. The number of halogens is 1. The van der Waals surface area contributed by atoms with Crippen molar-refractivity contribution in [1.82, 2.24) is 24.1 Å². The zero-order chi connectivity index (χ0) is 24.3. The first-order valence-corrected chi connectivity index (χ1v) is 12.1. The molecule has 2 N–H and O–H groups in total. The van der Waals surface area contributed by atoms with Crippen molar-refractivity contribution in [2.75, 3.05) is 20.2 Å². The van der Waals surface area contributed by atoms with Crippen LogP contribution in [-0.4, -0.2) is 62.4 Å². The van der Waals surface area contributed by atoms with E-state index < -0.39 is 6.17 Å². The van der Waals surface area contributed by atoms with Crippen LogP contribution in [-0.2, 0) is 6.54 Å². The number of carbonyl (C=O) groups excluding carboxylic acids is 1. The summed E-state index contributed by atoms with van der Waals surface area (Å²) < 4.78 is 23.7. The third-order valence-electron chi connectivity index (χ3n) is 7.14. The lowest BCUT2D eigenvalue weighted by atomic mass is 10.0. The van der Waals surface area contributed by atoms with Gasteiger partial charge in [-0.3, -0.25) is 4.79 Å². The SMILES string of the molecule is COc1nc(C(=O)N2C[C@H](N)C[C@@H](F)C2)cn2nc(-c3cc4ccccc4n3CC3CC3)c(C)c12. The molecule has 0 unspecified atom stereocenters. The van der Waals surface area contributed by atoms with Crippen molar-refractivity contribution in [3.8, 4) is 17.3 Å². The Morgan fingerprint density at radius 2 is 2.06 bits per heavy atom. The van der Waals surface area contributed by atoms with Gasteiger partial charge in [0, 0.05) is 35.6 Å². The fourth-order valence-corrected chi connectivity index (χ4v) is 5.23. The zero-order valence-electron chi connectivity index (χ0n) is 19.9. The third kappa shape index (κ3) is 3.83. The third-order valence-corrected chi connectivity index (χ3v) is 7.14. The molecule has 9 heteroatoms. The number of hydrogen-bond acceptors (Lipinski definition) is 5. The van der Waals surface area contributed by atoms with Crippen LogP contribution in [0.1, 0.15) is 35.3 Å². The van der Waals surface area contributed by atoms with Crippen molar-refractivity contribution < 1.29 is 13.9 Å². The number of para-hydroxylation sites is 1. The standard InChI is InChI=1S/C26H29FN6O2/c1-15-23(22-9-17-5-3-4-6-21(17)32(22)11-16-7-8-16)30-33-14-20(29-25(35-2)24(15)33)26(34)31-12-18(27)10-19(28)13-31/h3-6,9,14,16,18-19H,7-8,10-13,28H2,1-2H3/t18-,19-/m1/s1. The van der Waals surface area contributed by atoms with E-state index in [0.717, 1.165) is 23.5 Å². The van der Waals surface area contributed by atoms with Crippen LogP contribution in [0.4, 0.5) is 4.39 Å². The first kappa shape index (κ1) is 22.0. The lowest BCUT2D eigenvalue weighted by Gasteiger charge is -2.32. The number of amides is 1. The van der Waals surface area contributed by atoms with Gasteiger partial charge in [0.15, 0.2) is 5.69 Å². The van der Waals surface area contributed by atoms with Crippen molar-refractivity contribution in [2.45, 2.75) is 44.9 Å². The monoisotopic (exact) mass is 476 g/mol. The van der Waals surface area contributed by atoms with E-state index in [1.54, 1.807) is 10.7 Å². The fourth-order valence-electron chi connectivity index (χ4n) is 5.23. The molecule has 4 heterocycles. The van der Waals surface area contributed by atoms with Gasteiger partial charge in [-0.05, 0) is 44.2 Å². The first-order chi connectivity index (χ1) is 16.9. The predicted molar refractivity (Wildman–Crippen MR) is 131 cm³/mol. The second-order valence-corrected chi connectivity index (χ2v) is 9.85. The number of methoxy groups -OCH3 is 1. The van der Waals surface area contributed by atoms with E-state index in [1.165, 1.54) is 35.8 Å². The lowest BCUT2D eigenvalue weighted by molar-refractivity contribution is 0.0599. The van der Waals surface area contributed by atoms with Crippen molar-refractivity contribution in [3.05, 3.63) is 47.8 Å². The van der Waals surface area contributed by atoms with Crippen LogP contribution < -0.4 is 10.5 Å². The first-order valence-electron chi connectivity index (χ1n) is 12.1. The molecule has 2 atom stereocenters. The minimum Gasteiger partial charge on any atom is -0.479 e. The second kappa shape index (κ2) is 8.34. The minimum atomic E-state index is -1.14. The maximum atomic E-state index is 14.1. The summed E-state index contributed by atoms with van der Waals surface area (Å²) in [6.45, 7) is 3.26. The highest BCUT2D eigenvalue weighted by molar-refractivity contribution is 5.93. The van der Waals surface area contributed by atoms with Gasteiger partial charge in [0.25, 0.3) is 5.91 Å². The van der Waals surface area contributed by atoms with E-state index in [9.17, 15) is 9.18 Å². The van der Waals surface area contributed by atoms with E-state index in [2.05, 4.69) is 33.8 Å². The van der Waals surface area contributed by atoms with Crippen LogP contribution in [0.25, 0.3) is 27.8 Å². The molecule has 182 valence electrons. The molecule has 1 aliphatic carbocycles. The lowest BCUT2D eigenvalue weighted by Crippen LogP contribution is -2.50. The summed E-state index contributed by atoms with van der Waals surface area (Å²) in [5, 5.41) is 6.07. The summed E-state index contributed by atoms with van der Waals surface area (Å²) >= 11 is 0. The molecule has 35 heavy (non-hydrogen) atoms. The Kier molecular flexibility index (Phi) is 5.25. The maximum absolute atomic E-state index is 14.1. The van der Waals surface area contributed by atoms with E-state index >= 15 is 0 Å². The van der Waals surface area contributed by atoms with Crippen LogP contribution in [0.5, 0.6) is 5.88 Å². The molecule has 1 saturated carbocycles. The summed E-state index contributed by atoms with van der Waals surface area (Å²) in [6, 6.07) is 10.2. The van der Waals surface area contributed by atoms with Gasteiger partial charge in [0.2, 0.25) is 5.88 Å². The summed E-state index contributed by atoms with van der Waals surface area (Å²) in [5.41, 5.74) is 10.8. The number of aryl methyl sites for hydroxylation is 1. The number of aromatic nitrogens is 4. The number of alkyl halides is 1. The van der Waals surface area contributed by atoms with Gasteiger partial charge >= 0.3 is 0 Å². The summed E-state index contributed by atoms with van der Waals surface area (Å²) in [7, 11) is 1.53. The molecule has 2 fully saturated rings. The van der Waals surface area contributed by atoms with Crippen molar-refractivity contribution in [1.29, 1.82) is 0 Å².